The minimum Gasteiger partial charge on any atom is -0.513 e. The predicted octanol–water partition coefficient (Wildman–Crippen LogP) is 3.42. The molecule has 1 nitrogen and oxygen atoms in total. The standard InChI is InChI=1S/C10H18O/c1-3-10(4-2)7-5-6-9(11)8-10/h6,11H,3-5,7-8H2,1-2H3. The fraction of sp³-hybridized carbons (Fsp3) is 0.800. The summed E-state index contributed by atoms with van der Waals surface area (Å²) in [7, 11) is 0. The maximum Gasteiger partial charge on any atom is 0.0888 e. The van der Waals surface area contributed by atoms with E-state index in [1.807, 2.05) is 6.08 Å². The molecule has 0 fully saturated rings. The molecule has 0 heterocycles. The summed E-state index contributed by atoms with van der Waals surface area (Å²) in [5, 5.41) is 9.37. The molecule has 1 N–H and O–H groups in total. The second-order valence-corrected chi connectivity index (χ2v) is 3.62. The Labute approximate surface area is 69.1 Å². The van der Waals surface area contributed by atoms with Crippen LogP contribution in [0.3, 0.4) is 0 Å². The molecule has 1 aliphatic carbocycles. The van der Waals surface area contributed by atoms with E-state index in [0.29, 0.717) is 11.2 Å². The second-order valence-electron chi connectivity index (χ2n) is 3.62. The van der Waals surface area contributed by atoms with Crippen LogP contribution >= 0.6 is 0 Å². The van der Waals surface area contributed by atoms with Gasteiger partial charge in [-0.25, -0.2) is 0 Å². The van der Waals surface area contributed by atoms with Crippen LogP contribution in [0.15, 0.2) is 11.8 Å². The van der Waals surface area contributed by atoms with Crippen molar-refractivity contribution >= 4 is 0 Å². The number of rotatable bonds is 2. The number of aliphatic hydroxyl groups excluding tert-OH is 1. The van der Waals surface area contributed by atoms with Crippen LogP contribution in [0.1, 0.15) is 46.0 Å². The van der Waals surface area contributed by atoms with Crippen molar-refractivity contribution in [1.29, 1.82) is 0 Å². The van der Waals surface area contributed by atoms with Crippen molar-refractivity contribution in [3.8, 4) is 0 Å². The highest BCUT2D eigenvalue weighted by molar-refractivity contribution is 5.02. The summed E-state index contributed by atoms with van der Waals surface area (Å²) in [6, 6.07) is 0. The summed E-state index contributed by atoms with van der Waals surface area (Å²) in [6.45, 7) is 4.45. The highest BCUT2D eigenvalue weighted by Gasteiger charge is 2.29. The van der Waals surface area contributed by atoms with Gasteiger partial charge in [0.15, 0.2) is 0 Å². The predicted molar refractivity (Wildman–Crippen MR) is 47.6 cm³/mol. The third-order valence-electron chi connectivity index (χ3n) is 3.11. The average Bonchev–Trinajstić information content (AvgIpc) is 2.04. The molecule has 64 valence electrons. The maximum absolute atomic E-state index is 9.37. The fourth-order valence-corrected chi connectivity index (χ4v) is 1.94. The average molecular weight is 154 g/mol. The largest absolute Gasteiger partial charge is 0.513 e. The van der Waals surface area contributed by atoms with Crippen molar-refractivity contribution in [3.63, 3.8) is 0 Å². The molecule has 0 aromatic rings. The summed E-state index contributed by atoms with van der Waals surface area (Å²) in [6.07, 6.45) is 7.57. The van der Waals surface area contributed by atoms with Crippen molar-refractivity contribution in [2.45, 2.75) is 46.0 Å². The molecule has 0 spiro atoms. The monoisotopic (exact) mass is 154 g/mol. The molecular weight excluding hydrogens is 136 g/mol. The van der Waals surface area contributed by atoms with E-state index in [2.05, 4.69) is 13.8 Å². The Hall–Kier alpha value is -0.460. The number of aliphatic hydroxyl groups is 1. The van der Waals surface area contributed by atoms with Gasteiger partial charge in [0.2, 0.25) is 0 Å². The zero-order chi connectivity index (χ0) is 8.32. The van der Waals surface area contributed by atoms with Crippen LogP contribution in [-0.4, -0.2) is 5.11 Å². The van der Waals surface area contributed by atoms with E-state index in [-0.39, 0.29) is 0 Å². The Morgan fingerprint density at radius 3 is 2.45 bits per heavy atom. The lowest BCUT2D eigenvalue weighted by Crippen LogP contribution is -2.22. The Kier molecular flexibility index (Phi) is 2.58. The van der Waals surface area contributed by atoms with Crippen molar-refractivity contribution in [2.75, 3.05) is 0 Å². The van der Waals surface area contributed by atoms with Gasteiger partial charge in [0.05, 0.1) is 5.76 Å². The van der Waals surface area contributed by atoms with E-state index >= 15 is 0 Å². The Morgan fingerprint density at radius 1 is 1.45 bits per heavy atom. The Morgan fingerprint density at radius 2 is 2.09 bits per heavy atom. The van der Waals surface area contributed by atoms with Gasteiger partial charge in [-0.05, 0) is 24.3 Å². The first-order chi connectivity index (χ1) is 5.22. The van der Waals surface area contributed by atoms with E-state index in [1.54, 1.807) is 0 Å². The molecular formula is C10H18O. The third kappa shape index (κ3) is 1.76. The third-order valence-corrected chi connectivity index (χ3v) is 3.11. The Balaban J connectivity index is 2.65. The minimum absolute atomic E-state index is 0.416. The van der Waals surface area contributed by atoms with Gasteiger partial charge >= 0.3 is 0 Å². The Bertz CT molecular complexity index is 154. The van der Waals surface area contributed by atoms with E-state index in [4.69, 9.17) is 0 Å². The lowest BCUT2D eigenvalue weighted by Gasteiger charge is -2.33. The minimum atomic E-state index is 0.416. The normalized spacial score (nSPS) is 22.9. The summed E-state index contributed by atoms with van der Waals surface area (Å²) in [5.74, 6) is 0.611. The molecule has 0 amide bonds. The lowest BCUT2D eigenvalue weighted by molar-refractivity contribution is 0.186. The molecule has 11 heavy (non-hydrogen) atoms. The number of allylic oxidation sites excluding steroid dienone is 2. The van der Waals surface area contributed by atoms with Gasteiger partial charge < -0.3 is 5.11 Å². The molecule has 0 aliphatic heterocycles. The number of hydrogen-bond donors (Lipinski definition) is 1. The molecule has 0 aromatic heterocycles. The van der Waals surface area contributed by atoms with Gasteiger partial charge in [0, 0.05) is 6.42 Å². The van der Waals surface area contributed by atoms with Gasteiger partial charge in [-0.15, -0.1) is 0 Å². The van der Waals surface area contributed by atoms with Crippen LogP contribution in [0.25, 0.3) is 0 Å². The zero-order valence-electron chi connectivity index (χ0n) is 7.56. The fourth-order valence-electron chi connectivity index (χ4n) is 1.94. The SMILES string of the molecule is CCC1(CC)CCC=C(O)C1. The molecule has 1 rings (SSSR count). The van der Waals surface area contributed by atoms with Crippen LogP contribution in [0.4, 0.5) is 0 Å². The molecule has 1 heteroatoms. The van der Waals surface area contributed by atoms with Gasteiger partial charge in [-0.1, -0.05) is 26.7 Å². The molecule has 0 saturated heterocycles. The highest BCUT2D eigenvalue weighted by atomic mass is 16.3. The molecule has 0 atom stereocenters. The zero-order valence-corrected chi connectivity index (χ0v) is 7.56. The van der Waals surface area contributed by atoms with Crippen molar-refractivity contribution in [3.05, 3.63) is 11.8 Å². The van der Waals surface area contributed by atoms with Crippen LogP contribution in [0.5, 0.6) is 0 Å². The first-order valence-corrected chi connectivity index (χ1v) is 4.60. The van der Waals surface area contributed by atoms with Gasteiger partial charge in [0.25, 0.3) is 0 Å². The van der Waals surface area contributed by atoms with Gasteiger partial charge in [-0.3, -0.25) is 0 Å². The maximum atomic E-state index is 9.37. The van der Waals surface area contributed by atoms with E-state index in [0.717, 1.165) is 12.8 Å². The molecule has 0 aromatic carbocycles. The topological polar surface area (TPSA) is 20.2 Å². The summed E-state index contributed by atoms with van der Waals surface area (Å²) < 4.78 is 0. The van der Waals surface area contributed by atoms with Crippen molar-refractivity contribution in [2.24, 2.45) is 5.41 Å². The van der Waals surface area contributed by atoms with Crippen LogP contribution in [0, 0.1) is 5.41 Å². The van der Waals surface area contributed by atoms with E-state index in [1.165, 1.54) is 19.3 Å². The van der Waals surface area contributed by atoms with Gasteiger partial charge in [0.1, 0.15) is 0 Å². The van der Waals surface area contributed by atoms with Crippen LogP contribution in [-0.2, 0) is 0 Å². The quantitative estimate of drug-likeness (QED) is 0.646. The van der Waals surface area contributed by atoms with Crippen LogP contribution in [0.2, 0.25) is 0 Å². The van der Waals surface area contributed by atoms with Crippen molar-refractivity contribution in [1.82, 2.24) is 0 Å². The smallest absolute Gasteiger partial charge is 0.0888 e. The molecule has 0 unspecified atom stereocenters. The highest BCUT2D eigenvalue weighted by Crippen LogP contribution is 2.40. The first-order valence-electron chi connectivity index (χ1n) is 4.60. The van der Waals surface area contributed by atoms with Crippen molar-refractivity contribution < 1.29 is 5.11 Å². The van der Waals surface area contributed by atoms with E-state index < -0.39 is 0 Å². The first kappa shape index (κ1) is 8.63. The molecule has 0 saturated carbocycles. The number of hydrogen-bond acceptors (Lipinski definition) is 1. The van der Waals surface area contributed by atoms with E-state index in [9.17, 15) is 5.11 Å². The second kappa shape index (κ2) is 3.29. The van der Waals surface area contributed by atoms with Gasteiger partial charge in [-0.2, -0.15) is 0 Å². The summed E-state index contributed by atoms with van der Waals surface area (Å²) in [5.41, 5.74) is 0.416. The lowest BCUT2D eigenvalue weighted by atomic mass is 9.72. The summed E-state index contributed by atoms with van der Waals surface area (Å²) in [4.78, 5) is 0. The molecule has 0 radical (unpaired) electrons. The molecule has 1 aliphatic rings. The summed E-state index contributed by atoms with van der Waals surface area (Å²) >= 11 is 0. The van der Waals surface area contributed by atoms with Crippen LogP contribution < -0.4 is 0 Å². The molecule has 0 bridgehead atoms.